The molecule has 1 saturated heterocycles. The minimum atomic E-state index is -1.22. The number of hydrogen-bond donors (Lipinski definition) is 6. The zero-order chi connectivity index (χ0) is 38.4. The molecule has 3 aromatic rings. The summed E-state index contributed by atoms with van der Waals surface area (Å²) in [6, 6.07) is 14.5. The quantitative estimate of drug-likeness (QED) is 0.105. The van der Waals surface area contributed by atoms with Crippen LogP contribution in [-0.4, -0.2) is 94.4 Å². The van der Waals surface area contributed by atoms with Gasteiger partial charge in [0, 0.05) is 38.3 Å². The monoisotopic (exact) mass is 729 g/mol. The van der Waals surface area contributed by atoms with E-state index >= 15 is 0 Å². The Morgan fingerprint density at radius 2 is 1.28 bits per heavy atom. The van der Waals surface area contributed by atoms with E-state index in [4.69, 9.17) is 21.9 Å². The Morgan fingerprint density at radius 1 is 0.774 bits per heavy atom. The molecule has 53 heavy (non-hydrogen) atoms. The van der Waals surface area contributed by atoms with Crippen molar-refractivity contribution in [2.45, 2.75) is 88.0 Å². The number of nitrogens with one attached hydrogen (secondary N) is 3. The standard InChI is InChI=1S/C38H51N9O6/c1-3-4-15-29(44-34(50)30(21-26-13-9-6-10-14-26)45-32(48)28(39)20-25-11-7-5-8-12-25)33(49)46-31(22-27-23-42-37(40)43-24-27)35(51)47-18-16-38(41,17-19-47)36(52)53-2/h5-14,23-24,28-31H,3-4,15-22,39,41H2,1-2H3,(H,44,50)(H,45,48)(H,46,49)(H2,40,42,43)/t28-,29-,30-,31-/m1/s1. The summed E-state index contributed by atoms with van der Waals surface area (Å²) in [5.41, 5.74) is 19.2. The summed E-state index contributed by atoms with van der Waals surface area (Å²) in [5.74, 6) is -2.55. The van der Waals surface area contributed by atoms with Crippen LogP contribution in [0, 0.1) is 0 Å². The van der Waals surface area contributed by atoms with Crippen LogP contribution in [0.3, 0.4) is 0 Å². The number of nitrogens with zero attached hydrogens (tertiary/aromatic N) is 3. The third-order valence-electron chi connectivity index (χ3n) is 9.37. The normalized spacial score (nSPS) is 16.0. The topological polar surface area (TPSA) is 238 Å². The number of nitrogens with two attached hydrogens (primary N) is 3. The van der Waals surface area contributed by atoms with Gasteiger partial charge in [0.15, 0.2) is 0 Å². The maximum Gasteiger partial charge on any atom is 0.325 e. The van der Waals surface area contributed by atoms with Crippen molar-refractivity contribution >= 4 is 35.5 Å². The molecular formula is C38H51N9O6. The van der Waals surface area contributed by atoms with E-state index in [1.165, 1.54) is 19.5 Å². The number of unbranched alkanes of at least 4 members (excludes halogenated alkanes) is 1. The molecule has 0 spiro atoms. The van der Waals surface area contributed by atoms with E-state index in [0.29, 0.717) is 12.0 Å². The molecule has 0 radical (unpaired) electrons. The SMILES string of the molecule is CCCC[C@@H](NC(=O)[C@@H](Cc1ccccc1)NC(=O)[C@H](N)Cc1ccccc1)C(=O)N[C@H](Cc1cnc(N)nc1)C(=O)N1CCC(N)(C(=O)OC)CC1. The van der Waals surface area contributed by atoms with Crippen LogP contribution in [0.4, 0.5) is 5.95 Å². The lowest BCUT2D eigenvalue weighted by atomic mass is 9.88. The molecule has 2 aromatic carbocycles. The van der Waals surface area contributed by atoms with Gasteiger partial charge in [-0.2, -0.15) is 0 Å². The minimum Gasteiger partial charge on any atom is -0.468 e. The Bertz CT molecular complexity index is 1670. The van der Waals surface area contributed by atoms with E-state index in [1.54, 1.807) is 4.90 Å². The van der Waals surface area contributed by atoms with E-state index in [9.17, 15) is 24.0 Å². The minimum absolute atomic E-state index is 0.0343. The highest BCUT2D eigenvalue weighted by molar-refractivity contribution is 5.95. The van der Waals surface area contributed by atoms with Crippen LogP contribution in [0.1, 0.15) is 55.7 Å². The van der Waals surface area contributed by atoms with Gasteiger partial charge in [0.25, 0.3) is 0 Å². The zero-order valence-corrected chi connectivity index (χ0v) is 30.3. The number of likely N-dealkylation sites (tertiary alicyclic amines) is 1. The van der Waals surface area contributed by atoms with E-state index in [-0.39, 0.29) is 57.6 Å². The first-order valence-electron chi connectivity index (χ1n) is 17.9. The lowest BCUT2D eigenvalue weighted by molar-refractivity contribution is -0.151. The third-order valence-corrected chi connectivity index (χ3v) is 9.37. The molecule has 1 fully saturated rings. The predicted octanol–water partition coefficient (Wildman–Crippen LogP) is 0.552. The Kier molecular flexibility index (Phi) is 14.8. The molecule has 0 unspecified atom stereocenters. The second-order valence-electron chi connectivity index (χ2n) is 13.4. The highest BCUT2D eigenvalue weighted by atomic mass is 16.5. The lowest BCUT2D eigenvalue weighted by Crippen LogP contribution is -2.61. The van der Waals surface area contributed by atoms with Crippen LogP contribution < -0.4 is 33.2 Å². The number of hydrogen-bond acceptors (Lipinski definition) is 11. The molecule has 15 heteroatoms. The van der Waals surface area contributed by atoms with Gasteiger partial charge in [0.2, 0.25) is 29.6 Å². The number of methoxy groups -OCH3 is 1. The van der Waals surface area contributed by atoms with Gasteiger partial charge in [-0.1, -0.05) is 80.4 Å². The summed E-state index contributed by atoms with van der Waals surface area (Å²) >= 11 is 0. The summed E-state index contributed by atoms with van der Waals surface area (Å²) in [5, 5.41) is 8.52. The van der Waals surface area contributed by atoms with E-state index in [0.717, 1.165) is 17.5 Å². The molecule has 1 aliphatic heterocycles. The number of ether oxygens (including phenoxy) is 1. The predicted molar refractivity (Wildman–Crippen MR) is 198 cm³/mol. The third kappa shape index (κ3) is 11.8. The molecule has 15 nitrogen and oxygen atoms in total. The summed E-state index contributed by atoms with van der Waals surface area (Å²) in [6.07, 6.45) is 5.37. The van der Waals surface area contributed by atoms with Gasteiger partial charge in [-0.15, -0.1) is 0 Å². The van der Waals surface area contributed by atoms with Crippen LogP contribution in [0.2, 0.25) is 0 Å². The second-order valence-corrected chi connectivity index (χ2v) is 13.4. The summed E-state index contributed by atoms with van der Waals surface area (Å²) in [4.78, 5) is 77.2. The van der Waals surface area contributed by atoms with Crippen molar-refractivity contribution in [3.05, 3.63) is 89.7 Å². The molecule has 0 bridgehead atoms. The Balaban J connectivity index is 1.52. The average Bonchev–Trinajstić information content (AvgIpc) is 3.17. The molecule has 1 aromatic heterocycles. The Labute approximate surface area is 309 Å². The molecule has 4 atom stereocenters. The number of carbonyl (C=O) groups excluding carboxylic acids is 5. The fourth-order valence-corrected chi connectivity index (χ4v) is 6.18. The van der Waals surface area contributed by atoms with Crippen LogP contribution in [0.5, 0.6) is 0 Å². The smallest absolute Gasteiger partial charge is 0.325 e. The number of esters is 1. The fourth-order valence-electron chi connectivity index (χ4n) is 6.18. The van der Waals surface area contributed by atoms with E-state index < -0.39 is 59.3 Å². The number of rotatable bonds is 17. The number of amides is 4. The molecule has 2 heterocycles. The molecule has 0 aliphatic carbocycles. The Hall–Kier alpha value is -5.41. The number of aromatic nitrogens is 2. The van der Waals surface area contributed by atoms with Gasteiger partial charge in [-0.05, 0) is 42.4 Å². The van der Waals surface area contributed by atoms with E-state index in [2.05, 4.69) is 25.9 Å². The Morgan fingerprint density at radius 3 is 1.85 bits per heavy atom. The zero-order valence-electron chi connectivity index (χ0n) is 30.3. The van der Waals surface area contributed by atoms with Crippen LogP contribution in [0.15, 0.2) is 73.1 Å². The lowest BCUT2D eigenvalue weighted by Gasteiger charge is -2.38. The number of piperidine rings is 1. The first-order valence-corrected chi connectivity index (χ1v) is 17.9. The summed E-state index contributed by atoms with van der Waals surface area (Å²) < 4.78 is 4.86. The van der Waals surface area contributed by atoms with Crippen LogP contribution in [0.25, 0.3) is 0 Å². The molecule has 1 aliphatic rings. The number of benzene rings is 2. The van der Waals surface area contributed by atoms with Gasteiger partial charge < -0.3 is 42.8 Å². The van der Waals surface area contributed by atoms with Gasteiger partial charge in [-0.3, -0.25) is 24.0 Å². The maximum absolute atomic E-state index is 14.0. The summed E-state index contributed by atoms with van der Waals surface area (Å²) in [6.45, 7) is 2.29. The van der Waals surface area contributed by atoms with Crippen molar-refractivity contribution in [1.29, 1.82) is 0 Å². The van der Waals surface area contributed by atoms with Crippen molar-refractivity contribution in [1.82, 2.24) is 30.8 Å². The second kappa shape index (κ2) is 19.4. The van der Waals surface area contributed by atoms with Crippen molar-refractivity contribution < 1.29 is 28.7 Å². The van der Waals surface area contributed by atoms with Gasteiger partial charge in [-0.25, -0.2) is 9.97 Å². The van der Waals surface area contributed by atoms with Gasteiger partial charge in [0.1, 0.15) is 23.7 Å². The molecule has 284 valence electrons. The van der Waals surface area contributed by atoms with Crippen molar-refractivity contribution in [2.24, 2.45) is 11.5 Å². The van der Waals surface area contributed by atoms with Crippen molar-refractivity contribution in [2.75, 3.05) is 25.9 Å². The van der Waals surface area contributed by atoms with Crippen molar-refractivity contribution in [3.8, 4) is 0 Å². The molecule has 4 rings (SSSR count). The van der Waals surface area contributed by atoms with Gasteiger partial charge >= 0.3 is 5.97 Å². The number of nitrogen functional groups attached to an aromatic ring is 1. The molecule has 4 amide bonds. The first kappa shape index (κ1) is 40.4. The highest BCUT2D eigenvalue weighted by Crippen LogP contribution is 2.22. The average molecular weight is 730 g/mol. The van der Waals surface area contributed by atoms with Crippen LogP contribution in [-0.2, 0) is 48.0 Å². The van der Waals surface area contributed by atoms with E-state index in [1.807, 2.05) is 67.6 Å². The largest absolute Gasteiger partial charge is 0.468 e. The molecule has 0 saturated carbocycles. The first-order chi connectivity index (χ1) is 25.4. The number of anilines is 1. The maximum atomic E-state index is 14.0. The molecular weight excluding hydrogens is 678 g/mol. The van der Waals surface area contributed by atoms with Crippen molar-refractivity contribution in [3.63, 3.8) is 0 Å². The number of carbonyl (C=O) groups is 5. The highest BCUT2D eigenvalue weighted by Gasteiger charge is 2.41. The van der Waals surface area contributed by atoms with Crippen LogP contribution >= 0.6 is 0 Å². The summed E-state index contributed by atoms with van der Waals surface area (Å²) in [7, 11) is 1.27. The van der Waals surface area contributed by atoms with Gasteiger partial charge in [0.05, 0.1) is 13.2 Å². The molecule has 9 N–H and O–H groups in total. The fraction of sp³-hybridized carbons (Fsp3) is 0.447.